The van der Waals surface area contributed by atoms with Crippen LogP contribution in [0.15, 0.2) is 17.2 Å². The summed E-state index contributed by atoms with van der Waals surface area (Å²) in [7, 11) is 0. The van der Waals surface area contributed by atoms with Crippen LogP contribution >= 0.6 is 23.2 Å². The van der Waals surface area contributed by atoms with Crippen LogP contribution in [-0.4, -0.2) is 16.7 Å². The van der Waals surface area contributed by atoms with Gasteiger partial charge >= 0.3 is 0 Å². The van der Waals surface area contributed by atoms with Gasteiger partial charge in [-0.25, -0.2) is 0 Å². The van der Waals surface area contributed by atoms with Gasteiger partial charge in [0, 0.05) is 0 Å². The molecule has 17 heavy (non-hydrogen) atoms. The van der Waals surface area contributed by atoms with Gasteiger partial charge in [0.15, 0.2) is 5.84 Å². The van der Waals surface area contributed by atoms with Crippen LogP contribution in [0.1, 0.15) is 0 Å². The molecule has 0 aliphatic rings. The van der Waals surface area contributed by atoms with Gasteiger partial charge in [-0.3, -0.25) is 10.8 Å². The first-order valence-corrected chi connectivity index (χ1v) is 4.98. The second-order valence-corrected chi connectivity index (χ2v) is 3.64. The molecule has 0 radical (unpaired) electrons. The SMILES string of the molecule is N#C/C(=N\Nc1c(Cl)ccc(O)c1Cl)C(=N)N. The van der Waals surface area contributed by atoms with Gasteiger partial charge in [-0.15, -0.1) is 0 Å². The summed E-state index contributed by atoms with van der Waals surface area (Å²) in [6.45, 7) is 0. The average molecular weight is 272 g/mol. The van der Waals surface area contributed by atoms with Crippen molar-refractivity contribution in [3.63, 3.8) is 0 Å². The van der Waals surface area contributed by atoms with E-state index in [1.54, 1.807) is 6.07 Å². The molecule has 8 heteroatoms. The number of hydrogen-bond donors (Lipinski definition) is 4. The average Bonchev–Trinajstić information content (AvgIpc) is 2.28. The van der Waals surface area contributed by atoms with Gasteiger partial charge in [0.2, 0.25) is 5.71 Å². The lowest BCUT2D eigenvalue weighted by molar-refractivity contribution is 0.476. The largest absolute Gasteiger partial charge is 0.506 e. The zero-order valence-corrected chi connectivity index (χ0v) is 9.84. The van der Waals surface area contributed by atoms with Crippen molar-refractivity contribution in [1.29, 1.82) is 10.7 Å². The number of amidine groups is 1. The Morgan fingerprint density at radius 3 is 2.71 bits per heavy atom. The Morgan fingerprint density at radius 1 is 1.53 bits per heavy atom. The molecule has 1 aromatic carbocycles. The van der Waals surface area contributed by atoms with E-state index in [9.17, 15) is 5.11 Å². The molecule has 0 saturated carbocycles. The predicted molar refractivity (Wildman–Crippen MR) is 66.7 cm³/mol. The number of nitriles is 1. The molecule has 0 amide bonds. The van der Waals surface area contributed by atoms with Gasteiger partial charge in [-0.05, 0) is 12.1 Å². The first kappa shape index (κ1) is 13.1. The Labute approximate surface area is 107 Å². The zero-order valence-electron chi connectivity index (χ0n) is 8.33. The number of nitrogens with one attached hydrogen (secondary N) is 2. The fraction of sp³-hybridized carbons (Fsp3) is 0. The Balaban J connectivity index is 3.09. The minimum atomic E-state index is -0.493. The van der Waals surface area contributed by atoms with Gasteiger partial charge in [0.05, 0.1) is 10.7 Å². The summed E-state index contributed by atoms with van der Waals surface area (Å²) in [6.07, 6.45) is 0. The maximum atomic E-state index is 9.35. The summed E-state index contributed by atoms with van der Waals surface area (Å²) in [5.74, 6) is -0.678. The summed E-state index contributed by atoms with van der Waals surface area (Å²) < 4.78 is 0. The molecule has 0 atom stereocenters. The monoisotopic (exact) mass is 271 g/mol. The van der Waals surface area contributed by atoms with Crippen molar-refractivity contribution < 1.29 is 5.11 Å². The molecule has 0 unspecified atom stereocenters. The van der Waals surface area contributed by atoms with Crippen molar-refractivity contribution in [2.24, 2.45) is 10.8 Å². The fourth-order valence-electron chi connectivity index (χ4n) is 0.901. The van der Waals surface area contributed by atoms with E-state index in [2.05, 4.69) is 10.5 Å². The van der Waals surface area contributed by atoms with Crippen LogP contribution in [-0.2, 0) is 0 Å². The summed E-state index contributed by atoms with van der Waals surface area (Å²) in [5, 5.41) is 28.7. The fourth-order valence-corrected chi connectivity index (χ4v) is 1.36. The van der Waals surface area contributed by atoms with E-state index in [0.29, 0.717) is 0 Å². The number of nitrogens with zero attached hydrogens (tertiary/aromatic N) is 2. The lowest BCUT2D eigenvalue weighted by Crippen LogP contribution is -2.21. The molecular formula is C9H7Cl2N5O. The molecule has 0 bridgehead atoms. The Kier molecular flexibility index (Phi) is 4.15. The first-order chi connectivity index (χ1) is 7.97. The van der Waals surface area contributed by atoms with E-state index >= 15 is 0 Å². The van der Waals surface area contributed by atoms with E-state index in [1.165, 1.54) is 12.1 Å². The van der Waals surface area contributed by atoms with E-state index < -0.39 is 5.84 Å². The van der Waals surface area contributed by atoms with E-state index in [0.717, 1.165) is 0 Å². The summed E-state index contributed by atoms with van der Waals surface area (Å²) in [6, 6.07) is 4.33. The third-order valence-electron chi connectivity index (χ3n) is 1.71. The highest BCUT2D eigenvalue weighted by Gasteiger charge is 2.10. The van der Waals surface area contributed by atoms with Crippen LogP contribution in [0.5, 0.6) is 5.75 Å². The van der Waals surface area contributed by atoms with Crippen LogP contribution in [0.3, 0.4) is 0 Å². The highest BCUT2D eigenvalue weighted by atomic mass is 35.5. The molecule has 1 aromatic rings. The van der Waals surface area contributed by atoms with Crippen LogP contribution in [0.25, 0.3) is 0 Å². The number of benzene rings is 1. The van der Waals surface area contributed by atoms with Gasteiger partial charge in [-0.2, -0.15) is 10.4 Å². The highest BCUT2D eigenvalue weighted by molar-refractivity contribution is 6.46. The number of anilines is 1. The third kappa shape index (κ3) is 3.00. The number of hydrogen-bond acceptors (Lipinski definition) is 5. The smallest absolute Gasteiger partial charge is 0.201 e. The minimum Gasteiger partial charge on any atom is -0.506 e. The zero-order chi connectivity index (χ0) is 13.0. The van der Waals surface area contributed by atoms with Gasteiger partial charge in [0.25, 0.3) is 0 Å². The molecule has 5 N–H and O–H groups in total. The van der Waals surface area contributed by atoms with Crippen LogP contribution in [0.4, 0.5) is 5.69 Å². The van der Waals surface area contributed by atoms with E-state index in [4.69, 9.17) is 39.6 Å². The number of nitrogens with two attached hydrogens (primary N) is 1. The Morgan fingerprint density at radius 2 is 2.18 bits per heavy atom. The van der Waals surface area contributed by atoms with Crippen molar-refractivity contribution in [3.8, 4) is 11.8 Å². The molecule has 0 aliphatic carbocycles. The number of halogens is 2. The van der Waals surface area contributed by atoms with Gasteiger partial charge in [-0.1, -0.05) is 23.2 Å². The molecule has 0 aliphatic heterocycles. The standard InChI is InChI=1S/C9H7Cl2N5O/c10-4-1-2-6(17)7(11)8(4)16-15-5(3-12)9(13)14/h1-2,16-17H,(H3,13,14)/b15-5+. The molecule has 0 aromatic heterocycles. The van der Waals surface area contributed by atoms with E-state index in [-0.39, 0.29) is 27.2 Å². The normalized spacial score (nSPS) is 10.8. The number of hydrazone groups is 1. The van der Waals surface area contributed by atoms with Crippen LogP contribution in [0.2, 0.25) is 10.0 Å². The Hall–Kier alpha value is -1.97. The minimum absolute atomic E-state index is 0.0397. The lowest BCUT2D eigenvalue weighted by atomic mass is 10.3. The maximum Gasteiger partial charge on any atom is 0.201 e. The van der Waals surface area contributed by atoms with Crippen LogP contribution < -0.4 is 11.2 Å². The van der Waals surface area contributed by atoms with E-state index in [1.807, 2.05) is 0 Å². The summed E-state index contributed by atoms with van der Waals surface area (Å²) in [5.41, 5.74) is 7.28. The predicted octanol–water partition coefficient (Wildman–Crippen LogP) is 1.93. The molecule has 1 rings (SSSR count). The number of phenolic OH excluding ortho intramolecular Hbond substituents is 1. The van der Waals surface area contributed by atoms with Gasteiger partial charge < -0.3 is 10.8 Å². The second-order valence-electron chi connectivity index (χ2n) is 2.85. The number of aromatic hydroxyl groups is 1. The van der Waals surface area contributed by atoms with Crippen molar-refractivity contribution >= 4 is 40.4 Å². The number of rotatable bonds is 3. The van der Waals surface area contributed by atoms with Crippen molar-refractivity contribution in [1.82, 2.24) is 0 Å². The lowest BCUT2D eigenvalue weighted by Gasteiger charge is -2.07. The van der Waals surface area contributed by atoms with Crippen molar-refractivity contribution in [2.75, 3.05) is 5.43 Å². The molecular weight excluding hydrogens is 265 g/mol. The van der Waals surface area contributed by atoms with Gasteiger partial charge in [0.1, 0.15) is 16.8 Å². The molecule has 0 saturated heterocycles. The maximum absolute atomic E-state index is 9.35. The highest BCUT2D eigenvalue weighted by Crippen LogP contribution is 2.36. The second kappa shape index (κ2) is 5.39. The molecule has 0 spiro atoms. The quantitative estimate of drug-likeness (QED) is 0.382. The molecule has 88 valence electrons. The summed E-state index contributed by atoms with van der Waals surface area (Å²) in [4.78, 5) is 0. The molecule has 6 nitrogen and oxygen atoms in total. The first-order valence-electron chi connectivity index (χ1n) is 4.22. The van der Waals surface area contributed by atoms with Crippen molar-refractivity contribution in [3.05, 3.63) is 22.2 Å². The third-order valence-corrected chi connectivity index (χ3v) is 2.41. The van der Waals surface area contributed by atoms with Crippen LogP contribution in [0, 0.1) is 16.7 Å². The Bertz CT molecular complexity index is 535. The van der Waals surface area contributed by atoms with Crippen molar-refractivity contribution in [2.45, 2.75) is 0 Å². The summed E-state index contributed by atoms with van der Waals surface area (Å²) >= 11 is 11.6. The molecule has 0 fully saturated rings. The number of phenols is 1. The molecule has 0 heterocycles. The topological polar surface area (TPSA) is 118 Å².